The average molecular weight is 238 g/mol. The van der Waals surface area contributed by atoms with E-state index in [2.05, 4.69) is 16.0 Å². The van der Waals surface area contributed by atoms with Crippen LogP contribution in [0.1, 0.15) is 11.1 Å². The SMILES string of the molecule is Cc1ccc(-c2cnccc2C#N)nc1N(C)C. The molecule has 4 nitrogen and oxygen atoms in total. The van der Waals surface area contributed by atoms with Gasteiger partial charge in [-0.1, -0.05) is 6.07 Å². The first-order valence-electron chi connectivity index (χ1n) is 5.63. The van der Waals surface area contributed by atoms with Gasteiger partial charge in [-0.15, -0.1) is 0 Å². The summed E-state index contributed by atoms with van der Waals surface area (Å²) < 4.78 is 0. The molecule has 0 atom stereocenters. The van der Waals surface area contributed by atoms with E-state index in [-0.39, 0.29) is 0 Å². The van der Waals surface area contributed by atoms with Crippen LogP contribution in [0.3, 0.4) is 0 Å². The van der Waals surface area contributed by atoms with Crippen molar-refractivity contribution in [3.63, 3.8) is 0 Å². The van der Waals surface area contributed by atoms with Gasteiger partial charge in [0.1, 0.15) is 5.82 Å². The first kappa shape index (κ1) is 12.1. The Morgan fingerprint density at radius 1 is 1.22 bits per heavy atom. The van der Waals surface area contributed by atoms with Crippen LogP contribution in [-0.2, 0) is 0 Å². The van der Waals surface area contributed by atoms with Crippen LogP contribution in [0.4, 0.5) is 5.82 Å². The third-order valence-electron chi connectivity index (χ3n) is 2.71. The molecule has 0 aliphatic heterocycles. The van der Waals surface area contributed by atoms with Crippen LogP contribution in [0.2, 0.25) is 0 Å². The van der Waals surface area contributed by atoms with Crippen LogP contribution in [0.5, 0.6) is 0 Å². The molecular weight excluding hydrogens is 224 g/mol. The zero-order valence-electron chi connectivity index (χ0n) is 10.7. The fourth-order valence-electron chi connectivity index (χ4n) is 1.82. The molecule has 2 aromatic heterocycles. The van der Waals surface area contributed by atoms with Gasteiger partial charge in [0.05, 0.1) is 17.3 Å². The molecule has 4 heteroatoms. The Labute approximate surface area is 107 Å². The van der Waals surface area contributed by atoms with Crippen molar-refractivity contribution in [2.24, 2.45) is 0 Å². The normalized spacial score (nSPS) is 9.89. The molecule has 0 unspecified atom stereocenters. The van der Waals surface area contributed by atoms with Gasteiger partial charge in [0, 0.05) is 32.1 Å². The predicted octanol–water partition coefficient (Wildman–Crippen LogP) is 2.39. The molecule has 18 heavy (non-hydrogen) atoms. The van der Waals surface area contributed by atoms with E-state index in [9.17, 15) is 0 Å². The monoisotopic (exact) mass is 238 g/mol. The standard InChI is InChI=1S/C14H14N4/c1-10-4-5-13(17-14(10)18(2)3)12-9-16-7-6-11(12)8-15/h4-7,9H,1-3H3. The Morgan fingerprint density at radius 3 is 2.67 bits per heavy atom. The van der Waals surface area contributed by atoms with Crippen molar-refractivity contribution in [3.05, 3.63) is 41.7 Å². The third-order valence-corrected chi connectivity index (χ3v) is 2.71. The molecule has 0 aliphatic carbocycles. The van der Waals surface area contributed by atoms with Crippen LogP contribution in [-0.4, -0.2) is 24.1 Å². The second-order valence-electron chi connectivity index (χ2n) is 4.26. The number of anilines is 1. The quantitative estimate of drug-likeness (QED) is 0.806. The van der Waals surface area contributed by atoms with Crippen LogP contribution in [0.25, 0.3) is 11.3 Å². The Bertz CT molecular complexity index is 611. The van der Waals surface area contributed by atoms with Crippen LogP contribution in [0.15, 0.2) is 30.6 Å². The number of aromatic nitrogens is 2. The summed E-state index contributed by atoms with van der Waals surface area (Å²) in [6, 6.07) is 7.79. The first-order valence-corrected chi connectivity index (χ1v) is 5.63. The number of hydrogen-bond acceptors (Lipinski definition) is 4. The van der Waals surface area contributed by atoms with Crippen molar-refractivity contribution in [3.8, 4) is 17.3 Å². The minimum atomic E-state index is 0.589. The Kier molecular flexibility index (Phi) is 3.24. The number of pyridine rings is 2. The van der Waals surface area contributed by atoms with Gasteiger partial charge in [0.25, 0.3) is 0 Å². The van der Waals surface area contributed by atoms with E-state index in [1.165, 1.54) is 0 Å². The van der Waals surface area contributed by atoms with Gasteiger partial charge < -0.3 is 4.90 Å². The van der Waals surface area contributed by atoms with Gasteiger partial charge in [0.2, 0.25) is 0 Å². The summed E-state index contributed by atoms with van der Waals surface area (Å²) in [5.74, 6) is 0.903. The van der Waals surface area contributed by atoms with Crippen molar-refractivity contribution in [1.82, 2.24) is 9.97 Å². The van der Waals surface area contributed by atoms with Gasteiger partial charge >= 0.3 is 0 Å². The lowest BCUT2D eigenvalue weighted by Gasteiger charge is -2.15. The second kappa shape index (κ2) is 4.84. The summed E-state index contributed by atoms with van der Waals surface area (Å²) in [5.41, 5.74) is 3.23. The average Bonchev–Trinajstić information content (AvgIpc) is 2.39. The van der Waals surface area contributed by atoms with Gasteiger partial charge in [-0.05, 0) is 24.6 Å². The van der Waals surface area contributed by atoms with E-state index in [1.807, 2.05) is 38.1 Å². The number of nitrogens with zero attached hydrogens (tertiary/aromatic N) is 4. The van der Waals surface area contributed by atoms with Gasteiger partial charge in [0.15, 0.2) is 0 Å². The smallest absolute Gasteiger partial charge is 0.131 e. The summed E-state index contributed by atoms with van der Waals surface area (Å²) in [4.78, 5) is 10.6. The van der Waals surface area contributed by atoms with Crippen molar-refractivity contribution in [2.75, 3.05) is 19.0 Å². The number of aryl methyl sites for hydroxylation is 1. The maximum Gasteiger partial charge on any atom is 0.131 e. The molecule has 0 amide bonds. The Balaban J connectivity index is 2.59. The molecule has 2 aromatic rings. The molecule has 0 radical (unpaired) electrons. The highest BCUT2D eigenvalue weighted by atomic mass is 15.1. The molecule has 0 bridgehead atoms. The summed E-state index contributed by atoms with van der Waals surface area (Å²) >= 11 is 0. The van der Waals surface area contributed by atoms with Crippen molar-refractivity contribution >= 4 is 5.82 Å². The lowest BCUT2D eigenvalue weighted by molar-refractivity contribution is 1.05. The highest BCUT2D eigenvalue weighted by Gasteiger charge is 2.09. The minimum Gasteiger partial charge on any atom is -0.363 e. The maximum atomic E-state index is 9.10. The van der Waals surface area contributed by atoms with E-state index in [1.54, 1.807) is 18.5 Å². The van der Waals surface area contributed by atoms with Crippen LogP contribution in [0, 0.1) is 18.3 Å². The predicted molar refractivity (Wildman–Crippen MR) is 71.2 cm³/mol. The van der Waals surface area contributed by atoms with Gasteiger partial charge in [-0.2, -0.15) is 5.26 Å². The first-order chi connectivity index (χ1) is 8.63. The van der Waals surface area contributed by atoms with E-state index >= 15 is 0 Å². The number of rotatable bonds is 2. The molecule has 0 saturated heterocycles. The lowest BCUT2D eigenvalue weighted by Crippen LogP contribution is -2.12. The second-order valence-corrected chi connectivity index (χ2v) is 4.26. The summed E-state index contributed by atoms with van der Waals surface area (Å²) in [7, 11) is 3.90. The zero-order valence-corrected chi connectivity index (χ0v) is 10.7. The Hall–Kier alpha value is -2.41. The van der Waals surface area contributed by atoms with Crippen LogP contribution < -0.4 is 4.90 Å². The minimum absolute atomic E-state index is 0.589. The van der Waals surface area contributed by atoms with Gasteiger partial charge in [-0.25, -0.2) is 4.98 Å². The van der Waals surface area contributed by atoms with Gasteiger partial charge in [-0.3, -0.25) is 4.98 Å². The highest BCUT2D eigenvalue weighted by molar-refractivity contribution is 5.68. The molecule has 0 aromatic carbocycles. The fraction of sp³-hybridized carbons (Fsp3) is 0.214. The molecular formula is C14H14N4. The summed E-state index contributed by atoms with van der Waals surface area (Å²) in [6.07, 6.45) is 3.29. The zero-order chi connectivity index (χ0) is 13.1. The number of hydrogen-bond donors (Lipinski definition) is 0. The third kappa shape index (κ3) is 2.16. The highest BCUT2D eigenvalue weighted by Crippen LogP contribution is 2.24. The van der Waals surface area contributed by atoms with E-state index < -0.39 is 0 Å². The molecule has 2 rings (SSSR count). The number of nitriles is 1. The summed E-state index contributed by atoms with van der Waals surface area (Å²) in [5, 5.41) is 9.10. The van der Waals surface area contributed by atoms with E-state index in [0.717, 1.165) is 22.6 Å². The van der Waals surface area contributed by atoms with E-state index in [4.69, 9.17) is 5.26 Å². The molecule has 0 saturated carbocycles. The molecule has 0 spiro atoms. The largest absolute Gasteiger partial charge is 0.363 e. The van der Waals surface area contributed by atoms with Crippen molar-refractivity contribution in [2.45, 2.75) is 6.92 Å². The van der Waals surface area contributed by atoms with Crippen molar-refractivity contribution < 1.29 is 0 Å². The van der Waals surface area contributed by atoms with Crippen LogP contribution >= 0.6 is 0 Å². The van der Waals surface area contributed by atoms with Crippen molar-refractivity contribution in [1.29, 1.82) is 5.26 Å². The fourth-order valence-corrected chi connectivity index (χ4v) is 1.82. The van der Waals surface area contributed by atoms with E-state index in [0.29, 0.717) is 5.56 Å². The molecule has 2 heterocycles. The lowest BCUT2D eigenvalue weighted by atomic mass is 10.1. The molecule has 0 N–H and O–H groups in total. The summed E-state index contributed by atoms with van der Waals surface area (Å²) in [6.45, 7) is 2.01. The topological polar surface area (TPSA) is 52.8 Å². The Morgan fingerprint density at radius 2 is 2.00 bits per heavy atom. The molecule has 0 aliphatic rings. The maximum absolute atomic E-state index is 9.10. The molecule has 0 fully saturated rings. The molecule has 90 valence electrons.